The maximum Gasteiger partial charge on any atom is 0.289 e. The van der Waals surface area contributed by atoms with Crippen LogP contribution in [0.2, 0.25) is 0 Å². The van der Waals surface area contributed by atoms with E-state index in [4.69, 9.17) is 8.83 Å². The minimum atomic E-state index is -0.418. The summed E-state index contributed by atoms with van der Waals surface area (Å²) in [6.45, 7) is 4.37. The minimum absolute atomic E-state index is 0.173. The van der Waals surface area contributed by atoms with Crippen molar-refractivity contribution in [2.24, 2.45) is 5.92 Å². The van der Waals surface area contributed by atoms with Crippen LogP contribution in [0.5, 0.6) is 0 Å². The molecule has 1 fully saturated rings. The summed E-state index contributed by atoms with van der Waals surface area (Å²) in [5.41, 5.74) is 5.26. The van der Waals surface area contributed by atoms with Gasteiger partial charge in [0.25, 0.3) is 11.8 Å². The molecule has 138 valence electrons. The standard InChI is InChI=1S/C18H21N3O5/c1-11-10-14(12(2)26-11)17(23)20-19-16(22)13-5-7-21(8-6-13)18(24)15-4-3-9-25-15/h3-4,9-10,13H,5-8H2,1-2H3,(H,19,22)(H,20,23). The van der Waals surface area contributed by atoms with Gasteiger partial charge in [0.15, 0.2) is 5.76 Å². The van der Waals surface area contributed by atoms with Crippen LogP contribution in [0.15, 0.2) is 33.3 Å². The van der Waals surface area contributed by atoms with Crippen molar-refractivity contribution >= 4 is 17.7 Å². The molecule has 1 aliphatic heterocycles. The highest BCUT2D eigenvalue weighted by Gasteiger charge is 2.29. The Morgan fingerprint density at radius 3 is 2.46 bits per heavy atom. The molecule has 0 spiro atoms. The molecule has 0 radical (unpaired) electrons. The summed E-state index contributed by atoms with van der Waals surface area (Å²) in [5.74, 6) is 0.313. The topological polar surface area (TPSA) is 105 Å². The molecule has 3 heterocycles. The Bertz CT molecular complexity index is 801. The summed E-state index contributed by atoms with van der Waals surface area (Å²) in [4.78, 5) is 38.2. The molecule has 0 aromatic carbocycles. The number of aryl methyl sites for hydroxylation is 2. The van der Waals surface area contributed by atoms with E-state index in [9.17, 15) is 14.4 Å². The van der Waals surface area contributed by atoms with E-state index < -0.39 is 5.91 Å². The first kappa shape index (κ1) is 17.8. The lowest BCUT2D eigenvalue weighted by atomic mass is 9.96. The fourth-order valence-electron chi connectivity index (χ4n) is 3.04. The largest absolute Gasteiger partial charge is 0.466 e. The van der Waals surface area contributed by atoms with E-state index in [2.05, 4.69) is 10.9 Å². The molecular weight excluding hydrogens is 338 g/mol. The zero-order valence-corrected chi connectivity index (χ0v) is 14.7. The first-order valence-corrected chi connectivity index (χ1v) is 8.45. The predicted octanol–water partition coefficient (Wildman–Crippen LogP) is 1.80. The molecular formula is C18H21N3O5. The molecule has 3 amide bonds. The number of nitrogens with zero attached hydrogens (tertiary/aromatic N) is 1. The van der Waals surface area contributed by atoms with Crippen LogP contribution in [0.4, 0.5) is 0 Å². The van der Waals surface area contributed by atoms with Gasteiger partial charge >= 0.3 is 0 Å². The lowest BCUT2D eigenvalue weighted by molar-refractivity contribution is -0.127. The summed E-state index contributed by atoms with van der Waals surface area (Å²) in [7, 11) is 0. The number of likely N-dealkylation sites (tertiary alicyclic amines) is 1. The van der Waals surface area contributed by atoms with Crippen molar-refractivity contribution in [3.05, 3.63) is 47.3 Å². The van der Waals surface area contributed by atoms with Crippen LogP contribution < -0.4 is 10.9 Å². The minimum Gasteiger partial charge on any atom is -0.466 e. The molecule has 0 bridgehead atoms. The summed E-state index contributed by atoms with van der Waals surface area (Å²) in [6.07, 6.45) is 2.51. The Balaban J connectivity index is 1.47. The van der Waals surface area contributed by atoms with Gasteiger partial charge in [-0.2, -0.15) is 0 Å². The van der Waals surface area contributed by atoms with Crippen molar-refractivity contribution in [3.8, 4) is 0 Å². The number of hydrogen-bond acceptors (Lipinski definition) is 5. The van der Waals surface area contributed by atoms with Gasteiger partial charge in [-0.05, 0) is 44.9 Å². The second-order valence-electron chi connectivity index (χ2n) is 6.31. The van der Waals surface area contributed by atoms with Crippen LogP contribution in [0.25, 0.3) is 0 Å². The van der Waals surface area contributed by atoms with Gasteiger partial charge in [-0.1, -0.05) is 0 Å². The Hall–Kier alpha value is -3.03. The van der Waals surface area contributed by atoms with Crippen molar-refractivity contribution in [1.29, 1.82) is 0 Å². The molecule has 8 nitrogen and oxygen atoms in total. The number of piperidine rings is 1. The zero-order valence-electron chi connectivity index (χ0n) is 14.7. The van der Waals surface area contributed by atoms with Crippen LogP contribution in [0.1, 0.15) is 45.3 Å². The summed E-state index contributed by atoms with van der Waals surface area (Å²) in [5, 5.41) is 0. The average Bonchev–Trinajstić information content (AvgIpc) is 3.28. The molecule has 2 N–H and O–H groups in total. The first-order chi connectivity index (χ1) is 12.5. The van der Waals surface area contributed by atoms with Crippen molar-refractivity contribution in [1.82, 2.24) is 15.8 Å². The normalized spacial score (nSPS) is 14.9. The predicted molar refractivity (Wildman–Crippen MR) is 91.1 cm³/mol. The molecule has 26 heavy (non-hydrogen) atoms. The number of rotatable bonds is 3. The number of amides is 3. The van der Waals surface area contributed by atoms with E-state index in [1.54, 1.807) is 36.9 Å². The highest BCUT2D eigenvalue weighted by Crippen LogP contribution is 2.19. The van der Waals surface area contributed by atoms with Crippen molar-refractivity contribution in [2.75, 3.05) is 13.1 Å². The smallest absolute Gasteiger partial charge is 0.289 e. The van der Waals surface area contributed by atoms with E-state index in [1.807, 2.05) is 0 Å². The Morgan fingerprint density at radius 1 is 1.15 bits per heavy atom. The second-order valence-corrected chi connectivity index (χ2v) is 6.31. The molecule has 0 aliphatic carbocycles. The monoisotopic (exact) mass is 359 g/mol. The lowest BCUT2D eigenvalue weighted by Crippen LogP contribution is -2.48. The molecule has 0 unspecified atom stereocenters. The molecule has 2 aromatic heterocycles. The van der Waals surface area contributed by atoms with Crippen LogP contribution >= 0.6 is 0 Å². The number of carbonyl (C=O) groups excluding carboxylic acids is 3. The summed E-state index contributed by atoms with van der Waals surface area (Å²) in [6, 6.07) is 4.91. The number of hydrazine groups is 1. The highest BCUT2D eigenvalue weighted by atomic mass is 16.3. The summed E-state index contributed by atoms with van der Waals surface area (Å²) >= 11 is 0. The highest BCUT2D eigenvalue weighted by molar-refractivity contribution is 5.96. The Labute approximate surface area is 150 Å². The third-order valence-electron chi connectivity index (χ3n) is 4.47. The van der Waals surface area contributed by atoms with Gasteiger partial charge < -0.3 is 13.7 Å². The van der Waals surface area contributed by atoms with E-state index in [0.29, 0.717) is 48.8 Å². The second kappa shape index (κ2) is 7.47. The molecule has 1 saturated heterocycles. The molecule has 2 aromatic rings. The van der Waals surface area contributed by atoms with E-state index >= 15 is 0 Å². The van der Waals surface area contributed by atoms with Crippen LogP contribution in [0.3, 0.4) is 0 Å². The fraction of sp³-hybridized carbons (Fsp3) is 0.389. The fourth-order valence-corrected chi connectivity index (χ4v) is 3.04. The Kier molecular flexibility index (Phi) is 5.11. The molecule has 0 saturated carbocycles. The summed E-state index contributed by atoms with van der Waals surface area (Å²) < 4.78 is 10.4. The number of nitrogens with one attached hydrogen (secondary N) is 2. The molecule has 3 rings (SSSR count). The first-order valence-electron chi connectivity index (χ1n) is 8.45. The van der Waals surface area contributed by atoms with Gasteiger partial charge in [0.2, 0.25) is 5.91 Å². The third kappa shape index (κ3) is 3.79. The molecule has 8 heteroatoms. The molecule has 1 aliphatic rings. The van der Waals surface area contributed by atoms with Gasteiger partial charge in [0, 0.05) is 19.0 Å². The lowest BCUT2D eigenvalue weighted by Gasteiger charge is -2.30. The number of furan rings is 2. The number of hydrogen-bond donors (Lipinski definition) is 2. The van der Waals surface area contributed by atoms with Gasteiger partial charge in [-0.3, -0.25) is 25.2 Å². The average molecular weight is 359 g/mol. The van der Waals surface area contributed by atoms with Gasteiger partial charge in [-0.25, -0.2) is 0 Å². The van der Waals surface area contributed by atoms with E-state index in [1.165, 1.54) is 6.26 Å². The quantitative estimate of drug-likeness (QED) is 0.813. The van der Waals surface area contributed by atoms with Gasteiger partial charge in [0.05, 0.1) is 11.8 Å². The third-order valence-corrected chi connectivity index (χ3v) is 4.47. The Morgan fingerprint density at radius 2 is 1.88 bits per heavy atom. The van der Waals surface area contributed by atoms with Crippen molar-refractivity contribution < 1.29 is 23.2 Å². The SMILES string of the molecule is Cc1cc(C(=O)NNC(=O)C2CCN(C(=O)c3ccco3)CC2)c(C)o1. The van der Waals surface area contributed by atoms with Gasteiger partial charge in [-0.15, -0.1) is 0 Å². The van der Waals surface area contributed by atoms with E-state index in [-0.39, 0.29) is 17.7 Å². The maximum absolute atomic E-state index is 12.3. The van der Waals surface area contributed by atoms with Crippen LogP contribution in [-0.4, -0.2) is 35.7 Å². The van der Waals surface area contributed by atoms with Crippen LogP contribution in [0, 0.1) is 19.8 Å². The van der Waals surface area contributed by atoms with Crippen LogP contribution in [-0.2, 0) is 4.79 Å². The number of carbonyl (C=O) groups is 3. The van der Waals surface area contributed by atoms with E-state index in [0.717, 1.165) is 0 Å². The molecule has 0 atom stereocenters. The van der Waals surface area contributed by atoms with Crippen molar-refractivity contribution in [3.63, 3.8) is 0 Å². The van der Waals surface area contributed by atoms with Crippen molar-refractivity contribution in [2.45, 2.75) is 26.7 Å². The van der Waals surface area contributed by atoms with Gasteiger partial charge in [0.1, 0.15) is 11.5 Å². The zero-order chi connectivity index (χ0) is 18.7. The maximum atomic E-state index is 12.3.